The number of rotatable bonds is 3. The van der Waals surface area contributed by atoms with Crippen LogP contribution in [0.3, 0.4) is 0 Å². The minimum atomic E-state index is -3.96. The molecule has 0 aromatic heterocycles. The molecule has 0 N–H and O–H groups in total. The van der Waals surface area contributed by atoms with Crippen LogP contribution in [0.15, 0.2) is 0 Å². The molecule has 0 heterocycles. The molecule has 0 aliphatic carbocycles. The van der Waals surface area contributed by atoms with Crippen molar-refractivity contribution >= 4 is 0 Å². The number of hydrogen-bond acceptors (Lipinski definition) is 0. The highest BCUT2D eigenvalue weighted by atomic mass is 19.3. The summed E-state index contributed by atoms with van der Waals surface area (Å²) in [5.74, 6) is -3.96. The van der Waals surface area contributed by atoms with Crippen molar-refractivity contribution in [3.63, 3.8) is 0 Å². The summed E-state index contributed by atoms with van der Waals surface area (Å²) in [5, 5.41) is 0. The van der Waals surface area contributed by atoms with Gasteiger partial charge in [-0.2, -0.15) is 0 Å². The van der Waals surface area contributed by atoms with E-state index in [9.17, 15) is 22.0 Å². The maximum absolute atomic E-state index is 12.3. The van der Waals surface area contributed by atoms with Crippen LogP contribution < -0.4 is 0 Å². The molecule has 62 valence electrons. The summed E-state index contributed by atoms with van der Waals surface area (Å²) in [7, 11) is 0. The molecule has 0 amide bonds. The lowest BCUT2D eigenvalue weighted by Crippen LogP contribution is -2.45. The zero-order chi connectivity index (χ0) is 8.41. The SMILES string of the molecule is CC(F)(F)C(F)(CF)CF. The average Bonchev–Trinajstić information content (AvgIpc) is 1.84. The van der Waals surface area contributed by atoms with Gasteiger partial charge in [0.1, 0.15) is 13.3 Å². The highest BCUT2D eigenvalue weighted by Gasteiger charge is 2.51. The summed E-state index contributed by atoms with van der Waals surface area (Å²) >= 11 is 0. The predicted molar refractivity (Wildman–Crippen MR) is 26.4 cm³/mol. The molecule has 0 aromatic carbocycles. The van der Waals surface area contributed by atoms with E-state index in [1.54, 1.807) is 0 Å². The number of halogens is 5. The Morgan fingerprint density at radius 3 is 1.30 bits per heavy atom. The summed E-state index contributed by atoms with van der Waals surface area (Å²) in [5.41, 5.74) is -3.65. The molecule has 10 heavy (non-hydrogen) atoms. The molecular weight excluding hydrogens is 155 g/mol. The van der Waals surface area contributed by atoms with E-state index in [0.29, 0.717) is 0 Å². The summed E-state index contributed by atoms with van der Waals surface area (Å²) in [6.45, 7) is -3.87. The van der Waals surface area contributed by atoms with Crippen molar-refractivity contribution in [2.45, 2.75) is 18.5 Å². The largest absolute Gasteiger partial charge is 0.283 e. The first-order valence-corrected chi connectivity index (χ1v) is 2.56. The molecule has 0 aromatic rings. The fourth-order valence-electron chi connectivity index (χ4n) is 0.270. The lowest BCUT2D eigenvalue weighted by Gasteiger charge is -2.24. The van der Waals surface area contributed by atoms with Crippen LogP contribution >= 0.6 is 0 Å². The van der Waals surface area contributed by atoms with Crippen LogP contribution in [-0.2, 0) is 0 Å². The maximum atomic E-state index is 12.3. The molecule has 0 aliphatic heterocycles. The van der Waals surface area contributed by atoms with Crippen LogP contribution in [0.5, 0.6) is 0 Å². The number of alkyl halides is 5. The maximum Gasteiger partial charge on any atom is 0.283 e. The average molecular weight is 162 g/mol. The molecule has 5 heteroatoms. The van der Waals surface area contributed by atoms with Crippen LogP contribution in [-0.4, -0.2) is 24.9 Å². The van der Waals surface area contributed by atoms with Gasteiger partial charge >= 0.3 is 0 Å². The molecule has 0 saturated heterocycles. The zero-order valence-corrected chi connectivity index (χ0v) is 5.30. The van der Waals surface area contributed by atoms with Gasteiger partial charge in [0.2, 0.25) is 5.67 Å². The fraction of sp³-hybridized carbons (Fsp3) is 1.00. The van der Waals surface area contributed by atoms with E-state index in [1.807, 2.05) is 0 Å². The summed E-state index contributed by atoms with van der Waals surface area (Å²) < 4.78 is 59.0. The van der Waals surface area contributed by atoms with Crippen LogP contribution in [0.1, 0.15) is 6.92 Å². The van der Waals surface area contributed by atoms with Crippen molar-refractivity contribution in [2.75, 3.05) is 13.3 Å². The van der Waals surface area contributed by atoms with Gasteiger partial charge in [0, 0.05) is 6.92 Å². The smallest absolute Gasteiger partial charge is 0.247 e. The third-order valence-electron chi connectivity index (χ3n) is 1.21. The summed E-state index contributed by atoms with van der Waals surface area (Å²) in [6.07, 6.45) is 0. The third-order valence-corrected chi connectivity index (χ3v) is 1.21. The Morgan fingerprint density at radius 1 is 1.00 bits per heavy atom. The Labute approximate surface area is 55.0 Å². The van der Waals surface area contributed by atoms with Crippen molar-refractivity contribution in [3.8, 4) is 0 Å². The monoisotopic (exact) mass is 162 g/mol. The van der Waals surface area contributed by atoms with E-state index < -0.39 is 24.9 Å². The second kappa shape index (κ2) is 2.72. The summed E-state index contributed by atoms with van der Waals surface area (Å²) in [6, 6.07) is 0. The van der Waals surface area contributed by atoms with Crippen LogP contribution in [0.4, 0.5) is 22.0 Å². The standard InChI is InChI=1S/C5H7F5/c1-4(8,9)5(10,2-6)3-7/h2-3H2,1H3. The van der Waals surface area contributed by atoms with E-state index in [0.717, 1.165) is 0 Å². The van der Waals surface area contributed by atoms with Gasteiger partial charge in [0.25, 0.3) is 5.92 Å². The van der Waals surface area contributed by atoms with Gasteiger partial charge in [-0.1, -0.05) is 0 Å². The van der Waals surface area contributed by atoms with E-state index in [1.165, 1.54) is 0 Å². The minimum absolute atomic E-state index is 0.145. The van der Waals surface area contributed by atoms with Crippen molar-refractivity contribution in [3.05, 3.63) is 0 Å². The fourth-order valence-corrected chi connectivity index (χ4v) is 0.270. The molecule has 0 fully saturated rings. The van der Waals surface area contributed by atoms with Crippen LogP contribution in [0.2, 0.25) is 0 Å². The Kier molecular flexibility index (Phi) is 2.62. The molecule has 0 atom stereocenters. The van der Waals surface area contributed by atoms with Crippen molar-refractivity contribution in [2.24, 2.45) is 0 Å². The normalized spacial score (nSPS) is 13.8. The lowest BCUT2D eigenvalue weighted by atomic mass is 10.0. The van der Waals surface area contributed by atoms with Gasteiger partial charge in [-0.25, -0.2) is 22.0 Å². The van der Waals surface area contributed by atoms with Crippen molar-refractivity contribution < 1.29 is 22.0 Å². The molecule has 0 saturated carbocycles. The van der Waals surface area contributed by atoms with E-state index >= 15 is 0 Å². The first-order chi connectivity index (χ1) is 4.37. The Morgan fingerprint density at radius 2 is 1.30 bits per heavy atom. The highest BCUT2D eigenvalue weighted by Crippen LogP contribution is 2.32. The molecular formula is C5H7F5. The minimum Gasteiger partial charge on any atom is -0.247 e. The van der Waals surface area contributed by atoms with Crippen LogP contribution in [0, 0.1) is 0 Å². The van der Waals surface area contributed by atoms with Gasteiger partial charge in [-0.05, 0) is 0 Å². The second-order valence-electron chi connectivity index (χ2n) is 2.12. The van der Waals surface area contributed by atoms with E-state index in [4.69, 9.17) is 0 Å². The van der Waals surface area contributed by atoms with E-state index in [2.05, 4.69) is 0 Å². The zero-order valence-electron chi connectivity index (χ0n) is 5.30. The van der Waals surface area contributed by atoms with Crippen molar-refractivity contribution in [1.29, 1.82) is 0 Å². The molecule has 0 nitrogen and oxygen atoms in total. The first kappa shape index (κ1) is 9.65. The van der Waals surface area contributed by atoms with Gasteiger partial charge in [-0.3, -0.25) is 0 Å². The summed E-state index contributed by atoms with van der Waals surface area (Å²) in [4.78, 5) is 0. The first-order valence-electron chi connectivity index (χ1n) is 2.56. The topological polar surface area (TPSA) is 0 Å². The van der Waals surface area contributed by atoms with Gasteiger partial charge < -0.3 is 0 Å². The molecule has 0 unspecified atom stereocenters. The van der Waals surface area contributed by atoms with Gasteiger partial charge in [0.15, 0.2) is 0 Å². The van der Waals surface area contributed by atoms with Crippen molar-refractivity contribution in [1.82, 2.24) is 0 Å². The molecule has 0 spiro atoms. The third kappa shape index (κ3) is 1.58. The van der Waals surface area contributed by atoms with Gasteiger partial charge in [-0.15, -0.1) is 0 Å². The Balaban J connectivity index is 4.33. The Hall–Kier alpha value is -0.350. The van der Waals surface area contributed by atoms with Crippen LogP contribution in [0.25, 0.3) is 0 Å². The van der Waals surface area contributed by atoms with Gasteiger partial charge in [0.05, 0.1) is 0 Å². The molecule has 0 rings (SSSR count). The second-order valence-corrected chi connectivity index (χ2v) is 2.12. The lowest BCUT2D eigenvalue weighted by molar-refractivity contribution is -0.140. The highest BCUT2D eigenvalue weighted by molar-refractivity contribution is 4.89. The number of hydrogen-bond donors (Lipinski definition) is 0. The molecule has 0 bridgehead atoms. The Bertz CT molecular complexity index is 101. The molecule has 0 aliphatic rings. The quantitative estimate of drug-likeness (QED) is 0.558. The molecule has 0 radical (unpaired) electrons. The predicted octanol–water partition coefficient (Wildman–Crippen LogP) is 2.29. The van der Waals surface area contributed by atoms with E-state index in [-0.39, 0.29) is 6.92 Å².